The zero-order valence-corrected chi connectivity index (χ0v) is 9.81. The van der Waals surface area contributed by atoms with Crippen LogP contribution in [0.1, 0.15) is 18.4 Å². The van der Waals surface area contributed by atoms with Gasteiger partial charge in [-0.05, 0) is 43.4 Å². The summed E-state index contributed by atoms with van der Waals surface area (Å²) in [6.45, 7) is 0.585. The number of nitrogens with zero attached hydrogens (tertiary/aromatic N) is 1. The number of nitro groups is 1. The Hall–Kier alpha value is -1.62. The van der Waals surface area contributed by atoms with Crippen molar-refractivity contribution in [2.75, 3.05) is 13.7 Å². The number of hydrogen-bond acceptors (Lipinski definition) is 4. The zero-order chi connectivity index (χ0) is 12.5. The Labute approximate surface area is 99.7 Å². The second-order valence-corrected chi connectivity index (χ2v) is 4.63. The summed E-state index contributed by atoms with van der Waals surface area (Å²) in [5.74, 6) is 0.651. The van der Waals surface area contributed by atoms with Crippen LogP contribution in [-0.4, -0.2) is 18.6 Å². The Bertz CT molecular complexity index is 441. The number of ether oxygens (including phenoxy) is 1. The van der Waals surface area contributed by atoms with Crippen LogP contribution in [-0.2, 0) is 6.42 Å². The van der Waals surface area contributed by atoms with E-state index < -0.39 is 0 Å². The largest absolute Gasteiger partial charge is 0.497 e. The van der Waals surface area contributed by atoms with Crippen molar-refractivity contribution in [3.05, 3.63) is 33.9 Å². The van der Waals surface area contributed by atoms with Crippen molar-refractivity contribution in [3.63, 3.8) is 0 Å². The molecular weight excluding hydrogens is 220 g/mol. The molecular formula is C12H16N2O3. The molecule has 2 N–H and O–H groups in total. The van der Waals surface area contributed by atoms with E-state index in [1.807, 2.05) is 0 Å². The first-order valence-corrected chi connectivity index (χ1v) is 5.62. The van der Waals surface area contributed by atoms with Crippen molar-refractivity contribution in [2.24, 2.45) is 11.1 Å². The third-order valence-electron chi connectivity index (χ3n) is 3.44. The molecule has 0 amide bonds. The van der Waals surface area contributed by atoms with Gasteiger partial charge in [0, 0.05) is 11.6 Å². The molecule has 0 unspecified atom stereocenters. The summed E-state index contributed by atoms with van der Waals surface area (Å²) in [5.41, 5.74) is 6.67. The lowest BCUT2D eigenvalue weighted by molar-refractivity contribution is -0.385. The lowest BCUT2D eigenvalue weighted by atomic mass is 9.95. The van der Waals surface area contributed by atoms with Gasteiger partial charge in [0.25, 0.3) is 5.69 Å². The van der Waals surface area contributed by atoms with Gasteiger partial charge in [-0.15, -0.1) is 0 Å². The van der Waals surface area contributed by atoms with Gasteiger partial charge >= 0.3 is 0 Å². The minimum atomic E-state index is -0.346. The molecule has 17 heavy (non-hydrogen) atoms. The molecule has 1 saturated carbocycles. The Morgan fingerprint density at radius 3 is 2.71 bits per heavy atom. The molecule has 0 spiro atoms. The summed E-state index contributed by atoms with van der Waals surface area (Å²) >= 11 is 0. The average molecular weight is 236 g/mol. The SMILES string of the molecule is COc1ccc([N+](=O)[O-])c(CC2(CN)CC2)c1. The van der Waals surface area contributed by atoms with E-state index in [0.29, 0.717) is 18.7 Å². The lowest BCUT2D eigenvalue weighted by Crippen LogP contribution is -2.18. The third kappa shape index (κ3) is 2.39. The first kappa shape index (κ1) is 11.9. The third-order valence-corrected chi connectivity index (χ3v) is 3.44. The number of hydrogen-bond donors (Lipinski definition) is 1. The monoisotopic (exact) mass is 236 g/mol. The van der Waals surface area contributed by atoms with Gasteiger partial charge in [0.1, 0.15) is 5.75 Å². The molecule has 5 nitrogen and oxygen atoms in total. The van der Waals surface area contributed by atoms with Crippen LogP contribution in [0, 0.1) is 15.5 Å². The van der Waals surface area contributed by atoms with E-state index in [4.69, 9.17) is 10.5 Å². The molecule has 5 heteroatoms. The van der Waals surface area contributed by atoms with Crippen LogP contribution in [0.25, 0.3) is 0 Å². The second kappa shape index (κ2) is 4.33. The van der Waals surface area contributed by atoms with Crippen LogP contribution < -0.4 is 10.5 Å². The topological polar surface area (TPSA) is 78.4 Å². The van der Waals surface area contributed by atoms with Crippen molar-refractivity contribution in [1.29, 1.82) is 0 Å². The smallest absolute Gasteiger partial charge is 0.272 e. The molecule has 1 aliphatic carbocycles. The number of rotatable bonds is 5. The molecule has 0 bridgehead atoms. The maximum Gasteiger partial charge on any atom is 0.272 e. The average Bonchev–Trinajstić information content (AvgIpc) is 3.09. The van der Waals surface area contributed by atoms with Gasteiger partial charge in [-0.25, -0.2) is 0 Å². The maximum atomic E-state index is 10.9. The van der Waals surface area contributed by atoms with Gasteiger partial charge < -0.3 is 10.5 Å². The Morgan fingerprint density at radius 1 is 1.53 bits per heavy atom. The molecule has 1 fully saturated rings. The Balaban J connectivity index is 2.31. The van der Waals surface area contributed by atoms with Crippen molar-refractivity contribution >= 4 is 5.69 Å². The van der Waals surface area contributed by atoms with Crippen molar-refractivity contribution < 1.29 is 9.66 Å². The molecule has 92 valence electrons. The first-order chi connectivity index (χ1) is 8.10. The summed E-state index contributed by atoms with van der Waals surface area (Å²) in [5, 5.41) is 10.9. The predicted octanol–water partition coefficient (Wildman–Crippen LogP) is 1.88. The van der Waals surface area contributed by atoms with Crippen LogP contribution in [0.3, 0.4) is 0 Å². The van der Waals surface area contributed by atoms with Crippen LogP contribution in [0.5, 0.6) is 5.75 Å². The molecule has 1 aromatic carbocycles. The van der Waals surface area contributed by atoms with Gasteiger partial charge in [-0.3, -0.25) is 10.1 Å². The van der Waals surface area contributed by atoms with Gasteiger partial charge in [0.05, 0.1) is 12.0 Å². The highest BCUT2D eigenvalue weighted by Crippen LogP contribution is 2.48. The second-order valence-electron chi connectivity index (χ2n) is 4.63. The highest BCUT2D eigenvalue weighted by molar-refractivity contribution is 5.46. The fourth-order valence-corrected chi connectivity index (χ4v) is 2.04. The summed E-state index contributed by atoms with van der Waals surface area (Å²) < 4.78 is 5.10. The normalized spacial score (nSPS) is 16.6. The first-order valence-electron chi connectivity index (χ1n) is 5.62. The predicted molar refractivity (Wildman–Crippen MR) is 64.1 cm³/mol. The van der Waals surface area contributed by atoms with Gasteiger partial charge in [-0.1, -0.05) is 0 Å². The van der Waals surface area contributed by atoms with E-state index >= 15 is 0 Å². The van der Waals surface area contributed by atoms with E-state index in [9.17, 15) is 10.1 Å². The molecule has 0 aromatic heterocycles. The van der Waals surface area contributed by atoms with E-state index in [1.165, 1.54) is 6.07 Å². The molecule has 1 aromatic rings. The molecule has 0 radical (unpaired) electrons. The molecule has 0 heterocycles. The fourth-order valence-electron chi connectivity index (χ4n) is 2.04. The van der Waals surface area contributed by atoms with Crippen molar-refractivity contribution in [2.45, 2.75) is 19.3 Å². The van der Waals surface area contributed by atoms with Crippen LogP contribution in [0.2, 0.25) is 0 Å². The Kier molecular flexibility index (Phi) is 3.02. The Morgan fingerprint density at radius 2 is 2.24 bits per heavy atom. The summed E-state index contributed by atoms with van der Waals surface area (Å²) in [4.78, 5) is 10.6. The standard InChI is InChI=1S/C12H16N2O3/c1-17-10-2-3-11(14(15)16)9(6-10)7-12(8-13)4-5-12/h2-3,6H,4-5,7-8,13H2,1H3. The van der Waals surface area contributed by atoms with Crippen LogP contribution in [0.15, 0.2) is 18.2 Å². The summed E-state index contributed by atoms with van der Waals surface area (Å²) in [7, 11) is 1.56. The molecule has 0 aliphatic heterocycles. The van der Waals surface area contributed by atoms with E-state index in [0.717, 1.165) is 18.4 Å². The summed E-state index contributed by atoms with van der Waals surface area (Å²) in [6.07, 6.45) is 2.77. The fraction of sp³-hybridized carbons (Fsp3) is 0.500. The zero-order valence-electron chi connectivity index (χ0n) is 9.81. The van der Waals surface area contributed by atoms with E-state index in [1.54, 1.807) is 19.2 Å². The number of benzene rings is 1. The van der Waals surface area contributed by atoms with Crippen LogP contribution >= 0.6 is 0 Å². The van der Waals surface area contributed by atoms with Crippen LogP contribution in [0.4, 0.5) is 5.69 Å². The number of nitrogens with two attached hydrogens (primary N) is 1. The van der Waals surface area contributed by atoms with Crippen molar-refractivity contribution in [1.82, 2.24) is 0 Å². The highest BCUT2D eigenvalue weighted by Gasteiger charge is 2.42. The minimum absolute atomic E-state index is 0.0805. The van der Waals surface area contributed by atoms with Crippen molar-refractivity contribution in [3.8, 4) is 5.75 Å². The summed E-state index contributed by atoms with van der Waals surface area (Å²) in [6, 6.07) is 4.86. The van der Waals surface area contributed by atoms with Gasteiger partial charge in [-0.2, -0.15) is 0 Å². The number of nitro benzene ring substituents is 1. The number of methoxy groups -OCH3 is 1. The molecule has 0 atom stereocenters. The van der Waals surface area contributed by atoms with E-state index in [-0.39, 0.29) is 16.0 Å². The van der Waals surface area contributed by atoms with Gasteiger partial charge in [0.15, 0.2) is 0 Å². The molecule has 1 aliphatic rings. The molecule has 2 rings (SSSR count). The lowest BCUT2D eigenvalue weighted by Gasteiger charge is -2.13. The minimum Gasteiger partial charge on any atom is -0.497 e. The quantitative estimate of drug-likeness (QED) is 0.625. The van der Waals surface area contributed by atoms with Gasteiger partial charge in [0.2, 0.25) is 0 Å². The maximum absolute atomic E-state index is 10.9. The van der Waals surface area contributed by atoms with E-state index in [2.05, 4.69) is 0 Å². The highest BCUT2D eigenvalue weighted by atomic mass is 16.6. The molecule has 0 saturated heterocycles.